The average molecular weight is 643 g/mol. The number of benzene rings is 1. The first kappa shape index (κ1) is 31.6. The first-order valence-electron chi connectivity index (χ1n) is 14.5. The van der Waals surface area contributed by atoms with Crippen molar-refractivity contribution in [1.82, 2.24) is 19.9 Å². The van der Waals surface area contributed by atoms with Crippen molar-refractivity contribution in [3.05, 3.63) is 63.8 Å². The normalized spacial score (nSPS) is 15.0. The molecule has 1 N–H and O–H groups in total. The number of likely N-dealkylation sites (tertiary alicyclic amines) is 1. The maximum absolute atomic E-state index is 13.7. The summed E-state index contributed by atoms with van der Waals surface area (Å²) in [6, 6.07) is 12.8. The Morgan fingerprint density at radius 3 is 2.55 bits per heavy atom. The number of thiophene rings is 1. The third-order valence-corrected chi connectivity index (χ3v) is 8.70. The molecule has 1 amide bonds. The number of rotatable bonds is 10. The van der Waals surface area contributed by atoms with Gasteiger partial charge in [0.1, 0.15) is 11.4 Å². The van der Waals surface area contributed by atoms with Crippen LogP contribution < -0.4 is 5.32 Å². The third-order valence-electron chi connectivity index (χ3n) is 7.46. The number of piperidine rings is 1. The van der Waals surface area contributed by atoms with E-state index in [1.54, 1.807) is 37.3 Å². The molecule has 234 valence electrons. The van der Waals surface area contributed by atoms with Crippen molar-refractivity contribution in [2.24, 2.45) is 0 Å². The highest BCUT2D eigenvalue weighted by molar-refractivity contribution is 7.19. The summed E-state index contributed by atoms with van der Waals surface area (Å²) in [7, 11) is 0. The molecular formula is C31H35ClN4O7S. The number of nitrogens with one attached hydrogen (secondary N) is 1. The van der Waals surface area contributed by atoms with Crippen LogP contribution in [0.5, 0.6) is 0 Å². The van der Waals surface area contributed by atoms with E-state index in [9.17, 15) is 14.4 Å². The largest absolute Gasteiger partial charge is 0.511 e. The molecule has 5 rings (SSSR count). The molecule has 44 heavy (non-hydrogen) atoms. The molecule has 4 heterocycles. The van der Waals surface area contributed by atoms with E-state index in [0.717, 1.165) is 36.3 Å². The van der Waals surface area contributed by atoms with Gasteiger partial charge in [0, 0.05) is 49.1 Å². The molecule has 4 aromatic rings. The van der Waals surface area contributed by atoms with Gasteiger partial charge in [0.25, 0.3) is 5.91 Å². The van der Waals surface area contributed by atoms with Crippen LogP contribution in [0.15, 0.2) is 47.0 Å². The second kappa shape index (κ2) is 13.8. The molecule has 0 aliphatic carbocycles. The summed E-state index contributed by atoms with van der Waals surface area (Å²) in [5.74, 6) is -0.311. The number of hydrogen-bond acceptors (Lipinski definition) is 10. The zero-order chi connectivity index (χ0) is 31.4. The molecule has 1 aliphatic heterocycles. The van der Waals surface area contributed by atoms with Gasteiger partial charge in [-0.15, -0.1) is 11.3 Å². The van der Waals surface area contributed by atoms with E-state index in [1.807, 2.05) is 16.7 Å². The molecule has 1 atom stereocenters. The quantitative estimate of drug-likeness (QED) is 0.156. The number of halogens is 1. The van der Waals surface area contributed by atoms with Crippen molar-refractivity contribution < 1.29 is 33.1 Å². The number of carbonyl (C=O) groups is 3. The van der Waals surface area contributed by atoms with Crippen LogP contribution in [0.25, 0.3) is 21.5 Å². The van der Waals surface area contributed by atoms with Crippen molar-refractivity contribution in [2.75, 3.05) is 19.7 Å². The van der Waals surface area contributed by atoms with E-state index in [4.69, 9.17) is 30.3 Å². The molecule has 1 aliphatic rings. The molecule has 1 fully saturated rings. The van der Waals surface area contributed by atoms with Crippen molar-refractivity contribution in [3.63, 3.8) is 0 Å². The zero-order valence-corrected chi connectivity index (χ0v) is 26.6. The fourth-order valence-electron chi connectivity index (χ4n) is 5.22. The molecule has 0 radical (unpaired) electrons. The molecule has 1 saturated heterocycles. The lowest BCUT2D eigenvalue weighted by atomic mass is 10.0. The monoisotopic (exact) mass is 642 g/mol. The molecule has 0 saturated carbocycles. The van der Waals surface area contributed by atoms with Gasteiger partial charge in [-0.25, -0.2) is 9.59 Å². The van der Waals surface area contributed by atoms with Crippen LogP contribution in [0.1, 0.15) is 67.1 Å². The summed E-state index contributed by atoms with van der Waals surface area (Å²) >= 11 is 7.49. The molecule has 1 aromatic carbocycles. The van der Waals surface area contributed by atoms with Gasteiger partial charge in [-0.2, -0.15) is 0 Å². The van der Waals surface area contributed by atoms with Crippen LogP contribution in [0, 0.1) is 0 Å². The van der Waals surface area contributed by atoms with E-state index in [0.29, 0.717) is 32.9 Å². The van der Waals surface area contributed by atoms with Gasteiger partial charge in [-0.1, -0.05) is 16.8 Å². The van der Waals surface area contributed by atoms with E-state index >= 15 is 0 Å². The van der Waals surface area contributed by atoms with Crippen LogP contribution in [0.3, 0.4) is 0 Å². The lowest BCUT2D eigenvalue weighted by molar-refractivity contribution is -0.0811. The number of carbonyl (C=O) groups excluding carboxylic acids is 3. The summed E-state index contributed by atoms with van der Waals surface area (Å²) in [6.45, 7) is 9.66. The zero-order valence-electron chi connectivity index (χ0n) is 25.0. The Morgan fingerprint density at radius 2 is 1.86 bits per heavy atom. The second-order valence-corrected chi connectivity index (χ2v) is 12.5. The number of ether oxygens (including phenoxy) is 3. The van der Waals surface area contributed by atoms with E-state index in [1.165, 1.54) is 18.3 Å². The van der Waals surface area contributed by atoms with Gasteiger partial charge in [-0.05, 0) is 70.0 Å². The fraction of sp³-hybridized carbons (Fsp3) is 0.419. The minimum Gasteiger partial charge on any atom is -0.435 e. The Morgan fingerprint density at radius 1 is 1.09 bits per heavy atom. The molecule has 13 heteroatoms. The Bertz CT molecular complexity index is 1640. The maximum Gasteiger partial charge on any atom is 0.511 e. The molecule has 3 aromatic heterocycles. The van der Waals surface area contributed by atoms with Gasteiger partial charge < -0.3 is 33.5 Å². The third kappa shape index (κ3) is 7.43. The van der Waals surface area contributed by atoms with E-state index < -0.39 is 18.4 Å². The van der Waals surface area contributed by atoms with Crippen LogP contribution in [0.2, 0.25) is 4.34 Å². The van der Waals surface area contributed by atoms with Gasteiger partial charge in [0.2, 0.25) is 6.29 Å². The lowest BCUT2D eigenvalue weighted by Crippen LogP contribution is -2.46. The molecule has 11 nitrogen and oxygen atoms in total. The molecule has 1 unspecified atom stereocenters. The predicted molar refractivity (Wildman–Crippen MR) is 166 cm³/mol. The summed E-state index contributed by atoms with van der Waals surface area (Å²) in [5.41, 5.74) is 2.01. The Hall–Kier alpha value is -3.87. The van der Waals surface area contributed by atoms with Crippen LogP contribution in [-0.2, 0) is 20.8 Å². The number of aromatic nitrogens is 2. The van der Waals surface area contributed by atoms with E-state index in [2.05, 4.69) is 29.2 Å². The topological polar surface area (TPSA) is 125 Å². The highest BCUT2D eigenvalue weighted by Crippen LogP contribution is 2.32. The van der Waals surface area contributed by atoms with Crippen molar-refractivity contribution in [3.8, 4) is 10.6 Å². The predicted octanol–water partition coefficient (Wildman–Crippen LogP) is 6.34. The van der Waals surface area contributed by atoms with Gasteiger partial charge in [-0.3, -0.25) is 4.79 Å². The number of fused-ring (bicyclic) bond motifs is 1. The standard InChI is InChI=1S/C31H35ClN4O7S/c1-5-40-31(39)42-19(4)41-30(38)20-6-7-24-21(14-20)15-25(29(37)33-22-10-12-35(13-11-22)18(2)3)36(24)17-23-16-26(43-34-23)27-8-9-28(32)44-27/h6-9,14-16,18-19,22H,5,10-13,17H2,1-4H3,(H,33,37). The van der Waals surface area contributed by atoms with Crippen molar-refractivity contribution in [1.29, 1.82) is 0 Å². The first-order chi connectivity index (χ1) is 21.1. The fourth-order valence-corrected chi connectivity index (χ4v) is 6.21. The van der Waals surface area contributed by atoms with Gasteiger partial charge in [0.05, 0.1) is 27.9 Å². The summed E-state index contributed by atoms with van der Waals surface area (Å²) in [6.07, 6.45) is -0.348. The smallest absolute Gasteiger partial charge is 0.435 e. The highest BCUT2D eigenvalue weighted by atomic mass is 35.5. The summed E-state index contributed by atoms with van der Waals surface area (Å²) in [5, 5.41) is 8.12. The van der Waals surface area contributed by atoms with Gasteiger partial charge >= 0.3 is 12.1 Å². The first-order valence-corrected chi connectivity index (χ1v) is 15.7. The van der Waals surface area contributed by atoms with Crippen LogP contribution in [0.4, 0.5) is 4.79 Å². The Kier molecular flexibility index (Phi) is 9.92. The number of esters is 1. The van der Waals surface area contributed by atoms with Gasteiger partial charge in [0.15, 0.2) is 5.76 Å². The molecule has 0 bridgehead atoms. The molecule has 0 spiro atoms. The highest BCUT2D eigenvalue weighted by Gasteiger charge is 2.25. The van der Waals surface area contributed by atoms with Crippen LogP contribution >= 0.6 is 22.9 Å². The molecular weight excluding hydrogens is 608 g/mol. The maximum atomic E-state index is 13.7. The Balaban J connectivity index is 1.40. The minimum absolute atomic E-state index is 0.0533. The SMILES string of the molecule is CCOC(=O)OC(C)OC(=O)c1ccc2c(c1)cc(C(=O)NC1CCN(C(C)C)CC1)n2Cc1cc(-c2ccc(Cl)s2)on1. The van der Waals surface area contributed by atoms with Crippen molar-refractivity contribution >= 4 is 51.9 Å². The van der Waals surface area contributed by atoms with Crippen molar-refractivity contribution in [2.45, 2.75) is 65.5 Å². The Labute approximate surface area is 264 Å². The number of hydrogen-bond donors (Lipinski definition) is 1. The summed E-state index contributed by atoms with van der Waals surface area (Å²) in [4.78, 5) is 41.4. The summed E-state index contributed by atoms with van der Waals surface area (Å²) < 4.78 is 23.0. The average Bonchev–Trinajstić information content (AvgIpc) is 3.72. The number of amides is 1. The lowest BCUT2D eigenvalue weighted by Gasteiger charge is -2.34. The number of nitrogens with zero attached hydrogens (tertiary/aromatic N) is 3. The second-order valence-electron chi connectivity index (χ2n) is 10.8. The van der Waals surface area contributed by atoms with E-state index in [-0.39, 0.29) is 30.7 Å². The van der Waals surface area contributed by atoms with Crippen LogP contribution in [-0.4, -0.2) is 70.7 Å². The minimum atomic E-state index is -1.15.